The van der Waals surface area contributed by atoms with Gasteiger partial charge < -0.3 is 7.85 Å². The summed E-state index contributed by atoms with van der Waals surface area (Å²) in [5.74, 6) is -4.12. The van der Waals surface area contributed by atoms with Gasteiger partial charge in [0.25, 0.3) is 0 Å². The predicted octanol–water partition coefficient (Wildman–Crippen LogP) is -2.29. The zero-order valence-electron chi connectivity index (χ0n) is 6.77. The van der Waals surface area contributed by atoms with Crippen molar-refractivity contribution in [2.45, 2.75) is 0 Å². The fourth-order valence-electron chi connectivity index (χ4n) is 0.735. The van der Waals surface area contributed by atoms with Gasteiger partial charge in [0.05, 0.1) is 5.56 Å². The maximum Gasteiger partial charge on any atom is 1.00 e. The first-order chi connectivity index (χ1) is 5.57. The van der Waals surface area contributed by atoms with Crippen molar-refractivity contribution in [2.75, 3.05) is 0 Å². The second-order valence-electron chi connectivity index (χ2n) is 2.11. The second-order valence-corrected chi connectivity index (χ2v) is 2.11. The SMILES string of the molecule is [B-]c1cc(F)c(C=O)c(F)c1F.[K+]. The summed E-state index contributed by atoms with van der Waals surface area (Å²) in [5, 5.41) is 0. The molecule has 0 bridgehead atoms. The molecule has 3 radical (unpaired) electrons. The molecule has 1 aromatic carbocycles. The van der Waals surface area contributed by atoms with Crippen molar-refractivity contribution in [1.82, 2.24) is 0 Å². The standard InChI is InChI=1S/C7H2BF3O.K/c8-4-1-5(9)3(2-12)6(10)7(4)11;/h1-2H;/q-1;+1. The van der Waals surface area contributed by atoms with E-state index in [-0.39, 0.29) is 57.7 Å². The summed E-state index contributed by atoms with van der Waals surface area (Å²) in [6.45, 7) is 0. The predicted molar refractivity (Wildman–Crippen MR) is 37.1 cm³/mol. The second kappa shape index (κ2) is 5.31. The van der Waals surface area contributed by atoms with E-state index in [1.807, 2.05) is 0 Å². The number of aldehydes is 1. The van der Waals surface area contributed by atoms with Crippen molar-refractivity contribution in [1.29, 1.82) is 0 Å². The Balaban J connectivity index is 0.00000144. The van der Waals surface area contributed by atoms with Crippen molar-refractivity contribution < 1.29 is 69.4 Å². The fraction of sp³-hybridized carbons (Fsp3) is 0. The van der Waals surface area contributed by atoms with Crippen LogP contribution in [-0.2, 0) is 0 Å². The molecule has 1 aromatic rings. The maximum absolute atomic E-state index is 12.6. The van der Waals surface area contributed by atoms with Crippen LogP contribution >= 0.6 is 0 Å². The Morgan fingerprint density at radius 2 is 1.77 bits per heavy atom. The third-order valence-electron chi connectivity index (χ3n) is 1.34. The first kappa shape index (κ1) is 13.4. The van der Waals surface area contributed by atoms with Crippen LogP contribution in [0.15, 0.2) is 6.07 Å². The summed E-state index contributed by atoms with van der Waals surface area (Å²) >= 11 is 0. The topological polar surface area (TPSA) is 17.1 Å². The average molecular weight is 209 g/mol. The van der Waals surface area contributed by atoms with Gasteiger partial charge in [0.15, 0.2) is 12.1 Å². The van der Waals surface area contributed by atoms with E-state index in [2.05, 4.69) is 0 Å². The number of carbonyl (C=O) groups is 1. The van der Waals surface area contributed by atoms with Crippen molar-refractivity contribution >= 4 is 19.6 Å². The van der Waals surface area contributed by atoms with Crippen LogP contribution in [0.2, 0.25) is 0 Å². The Morgan fingerprint density at radius 3 is 2.23 bits per heavy atom. The molecule has 1 nitrogen and oxygen atoms in total. The molecule has 0 aromatic heterocycles. The van der Waals surface area contributed by atoms with Crippen LogP contribution < -0.4 is 56.8 Å². The molecule has 0 fully saturated rings. The Labute approximate surface area is 117 Å². The van der Waals surface area contributed by atoms with E-state index in [0.717, 1.165) is 0 Å². The number of carbonyl (C=O) groups excluding carboxylic acids is 1. The molecule has 1 rings (SSSR count). The van der Waals surface area contributed by atoms with Crippen molar-refractivity contribution in [3.05, 3.63) is 29.1 Å². The normalized spacial score (nSPS) is 9.23. The van der Waals surface area contributed by atoms with Gasteiger partial charge in [0.1, 0.15) is 11.6 Å². The van der Waals surface area contributed by atoms with Gasteiger partial charge in [-0.2, -0.15) is 0 Å². The van der Waals surface area contributed by atoms with Crippen LogP contribution in [0.25, 0.3) is 0 Å². The van der Waals surface area contributed by atoms with E-state index in [1.165, 1.54) is 0 Å². The molecule has 0 spiro atoms. The molecule has 6 heteroatoms. The van der Waals surface area contributed by atoms with Crippen molar-refractivity contribution in [2.24, 2.45) is 0 Å². The molecule has 0 aliphatic heterocycles. The average Bonchev–Trinajstić information content (AvgIpc) is 2.01. The summed E-state index contributed by atoms with van der Waals surface area (Å²) in [6, 6.07) is 0.558. The maximum atomic E-state index is 12.6. The van der Waals surface area contributed by atoms with Crippen molar-refractivity contribution in [3.63, 3.8) is 0 Å². The molecule has 0 unspecified atom stereocenters. The fourth-order valence-corrected chi connectivity index (χ4v) is 0.735. The molecule has 0 atom stereocenters. The van der Waals surface area contributed by atoms with Gasteiger partial charge in [-0.25, -0.2) is 13.2 Å². The number of hydrogen-bond acceptors (Lipinski definition) is 1. The van der Waals surface area contributed by atoms with Gasteiger partial charge in [-0.3, -0.25) is 10.3 Å². The number of hydrogen-bond donors (Lipinski definition) is 0. The Hall–Kier alpha value is 0.381. The molecule has 0 saturated heterocycles. The number of halogens is 3. The molecule has 0 aliphatic rings. The van der Waals surface area contributed by atoms with Crippen LogP contribution in [0, 0.1) is 17.5 Å². The van der Waals surface area contributed by atoms with Crippen LogP contribution in [0.1, 0.15) is 10.4 Å². The quantitative estimate of drug-likeness (QED) is 0.289. The van der Waals surface area contributed by atoms with Crippen molar-refractivity contribution in [3.8, 4) is 0 Å². The summed E-state index contributed by atoms with van der Waals surface area (Å²) in [5.41, 5.74) is -1.60. The summed E-state index contributed by atoms with van der Waals surface area (Å²) < 4.78 is 37.7. The molecule has 13 heavy (non-hydrogen) atoms. The molecular formula is C7H2BF3KO. The summed E-state index contributed by atoms with van der Waals surface area (Å²) in [7, 11) is 4.87. The molecule has 0 N–H and O–H groups in total. The van der Waals surface area contributed by atoms with Gasteiger partial charge in [0.2, 0.25) is 0 Å². The minimum atomic E-state index is -1.55. The van der Waals surface area contributed by atoms with E-state index in [9.17, 15) is 18.0 Å². The van der Waals surface area contributed by atoms with Crippen LogP contribution in [-0.4, -0.2) is 14.1 Å². The molecule has 0 aliphatic carbocycles. The molecule has 0 saturated carbocycles. The third kappa shape index (κ3) is 2.66. The van der Waals surface area contributed by atoms with Crippen LogP contribution in [0.5, 0.6) is 0 Å². The van der Waals surface area contributed by atoms with Gasteiger partial charge in [-0.1, -0.05) is 6.07 Å². The molecule has 0 amide bonds. The smallest absolute Gasteiger partial charge is 0.576 e. The monoisotopic (exact) mass is 209 g/mol. The van der Waals surface area contributed by atoms with Crippen LogP contribution in [0.4, 0.5) is 13.2 Å². The molecule has 0 heterocycles. The number of benzene rings is 1. The van der Waals surface area contributed by atoms with Gasteiger partial charge in [-0.15, -0.1) is 0 Å². The van der Waals surface area contributed by atoms with E-state index >= 15 is 0 Å². The van der Waals surface area contributed by atoms with Gasteiger partial charge in [-0.05, 0) is 0 Å². The van der Waals surface area contributed by atoms with E-state index in [0.29, 0.717) is 6.07 Å². The van der Waals surface area contributed by atoms with E-state index in [4.69, 9.17) is 7.85 Å². The molecular weight excluding hydrogens is 207 g/mol. The number of rotatable bonds is 1. The van der Waals surface area contributed by atoms with Crippen LogP contribution in [0.3, 0.4) is 0 Å². The minimum Gasteiger partial charge on any atom is -0.576 e. The summed E-state index contributed by atoms with van der Waals surface area (Å²) in [6.07, 6.45) is -0.104. The first-order valence-electron chi connectivity index (χ1n) is 2.96. The zero-order chi connectivity index (χ0) is 9.30. The third-order valence-corrected chi connectivity index (χ3v) is 1.34. The summed E-state index contributed by atoms with van der Waals surface area (Å²) in [4.78, 5) is 10.0. The largest absolute Gasteiger partial charge is 1.00 e. The zero-order valence-corrected chi connectivity index (χ0v) is 9.90. The van der Waals surface area contributed by atoms with Gasteiger partial charge >= 0.3 is 51.4 Å². The Morgan fingerprint density at radius 1 is 1.23 bits per heavy atom. The van der Waals surface area contributed by atoms with E-state index in [1.54, 1.807) is 0 Å². The van der Waals surface area contributed by atoms with Gasteiger partial charge in [0, 0.05) is 0 Å². The first-order valence-corrected chi connectivity index (χ1v) is 2.96. The Bertz CT molecular complexity index is 343. The minimum absolute atomic E-state index is 0. The Kier molecular flexibility index (Phi) is 5.46. The molecule has 61 valence electrons. The van der Waals surface area contributed by atoms with E-state index < -0.39 is 28.5 Å².